The highest BCUT2D eigenvalue weighted by atomic mass is 79.9. The molecule has 0 spiro atoms. The summed E-state index contributed by atoms with van der Waals surface area (Å²) in [4.78, 5) is 12.1. The lowest BCUT2D eigenvalue weighted by molar-refractivity contribution is 0.0920. The molecule has 0 aliphatic carbocycles. The SMILES string of the molecule is CCn1cc(Br)c(CNC(=O)c2ccc(Cn3cccn3)o2)n1. The van der Waals surface area contributed by atoms with Crippen LogP contribution in [0.2, 0.25) is 0 Å². The van der Waals surface area contributed by atoms with Crippen molar-refractivity contribution in [3.8, 4) is 0 Å². The molecular weight excluding hydrogens is 362 g/mol. The van der Waals surface area contributed by atoms with Gasteiger partial charge in [0, 0.05) is 25.1 Å². The van der Waals surface area contributed by atoms with E-state index in [0.717, 1.165) is 16.7 Å². The summed E-state index contributed by atoms with van der Waals surface area (Å²) in [6, 6.07) is 5.27. The molecule has 0 radical (unpaired) electrons. The number of halogens is 1. The van der Waals surface area contributed by atoms with Gasteiger partial charge < -0.3 is 9.73 Å². The fraction of sp³-hybridized carbons (Fsp3) is 0.267. The third-order valence-electron chi connectivity index (χ3n) is 3.29. The highest BCUT2D eigenvalue weighted by molar-refractivity contribution is 9.10. The van der Waals surface area contributed by atoms with Crippen LogP contribution in [0.25, 0.3) is 0 Å². The van der Waals surface area contributed by atoms with Crippen molar-refractivity contribution >= 4 is 21.8 Å². The van der Waals surface area contributed by atoms with Gasteiger partial charge >= 0.3 is 0 Å². The number of rotatable bonds is 6. The summed E-state index contributed by atoms with van der Waals surface area (Å²) in [6.45, 7) is 3.61. The van der Waals surface area contributed by atoms with Crippen molar-refractivity contribution in [2.24, 2.45) is 0 Å². The van der Waals surface area contributed by atoms with Crippen LogP contribution < -0.4 is 5.32 Å². The van der Waals surface area contributed by atoms with Gasteiger partial charge in [-0.05, 0) is 41.1 Å². The summed E-state index contributed by atoms with van der Waals surface area (Å²) >= 11 is 3.43. The minimum Gasteiger partial charge on any atom is -0.454 e. The van der Waals surface area contributed by atoms with Gasteiger partial charge in [-0.15, -0.1) is 0 Å². The van der Waals surface area contributed by atoms with Gasteiger partial charge in [-0.3, -0.25) is 14.2 Å². The number of aromatic nitrogens is 4. The molecule has 0 saturated heterocycles. The Morgan fingerprint density at radius 1 is 1.39 bits per heavy atom. The molecule has 7 nitrogen and oxygen atoms in total. The maximum atomic E-state index is 12.1. The maximum absolute atomic E-state index is 12.1. The monoisotopic (exact) mass is 377 g/mol. The molecular formula is C15H16BrN5O2. The van der Waals surface area contributed by atoms with E-state index in [0.29, 0.717) is 18.8 Å². The molecule has 1 N–H and O–H groups in total. The normalized spacial score (nSPS) is 10.9. The zero-order chi connectivity index (χ0) is 16.2. The van der Waals surface area contributed by atoms with Crippen LogP contribution in [0.1, 0.15) is 28.9 Å². The molecule has 0 aliphatic rings. The average Bonchev–Trinajstić information content (AvgIpc) is 3.27. The van der Waals surface area contributed by atoms with Gasteiger partial charge in [0.1, 0.15) is 5.76 Å². The second-order valence-corrected chi connectivity index (χ2v) is 5.79. The first kappa shape index (κ1) is 15.5. The number of nitrogens with zero attached hydrogens (tertiary/aromatic N) is 4. The van der Waals surface area contributed by atoms with Crippen LogP contribution in [0.4, 0.5) is 0 Å². The molecule has 0 aliphatic heterocycles. The topological polar surface area (TPSA) is 77.9 Å². The first-order valence-electron chi connectivity index (χ1n) is 7.22. The van der Waals surface area contributed by atoms with Crippen LogP contribution in [0.15, 0.2) is 45.7 Å². The van der Waals surface area contributed by atoms with Gasteiger partial charge in [0.05, 0.1) is 23.3 Å². The Morgan fingerprint density at radius 3 is 2.96 bits per heavy atom. The molecule has 3 heterocycles. The number of furan rings is 1. The molecule has 0 aromatic carbocycles. The van der Waals surface area contributed by atoms with Crippen molar-refractivity contribution in [2.75, 3.05) is 0 Å². The largest absolute Gasteiger partial charge is 0.454 e. The first-order valence-corrected chi connectivity index (χ1v) is 8.01. The predicted molar refractivity (Wildman–Crippen MR) is 86.8 cm³/mol. The summed E-state index contributed by atoms with van der Waals surface area (Å²) < 4.78 is 9.96. The highest BCUT2D eigenvalue weighted by Gasteiger charge is 2.13. The molecule has 3 aromatic rings. The first-order chi connectivity index (χ1) is 11.2. The van der Waals surface area contributed by atoms with Crippen LogP contribution in [-0.2, 0) is 19.6 Å². The molecule has 0 unspecified atom stereocenters. The number of amides is 1. The second-order valence-electron chi connectivity index (χ2n) is 4.93. The zero-order valence-corrected chi connectivity index (χ0v) is 14.2. The van der Waals surface area contributed by atoms with Crippen LogP contribution in [-0.4, -0.2) is 25.5 Å². The number of hydrogen-bond acceptors (Lipinski definition) is 4. The van der Waals surface area contributed by atoms with E-state index in [1.54, 1.807) is 27.7 Å². The van der Waals surface area contributed by atoms with Gasteiger partial charge in [0.25, 0.3) is 5.91 Å². The molecule has 1 amide bonds. The van der Waals surface area contributed by atoms with E-state index >= 15 is 0 Å². The lowest BCUT2D eigenvalue weighted by Gasteiger charge is -2.01. The lowest BCUT2D eigenvalue weighted by Crippen LogP contribution is -2.22. The van der Waals surface area contributed by atoms with Crippen molar-refractivity contribution in [2.45, 2.75) is 26.6 Å². The van der Waals surface area contributed by atoms with E-state index in [9.17, 15) is 4.79 Å². The minimum absolute atomic E-state index is 0.269. The Labute approximate surface area is 141 Å². The fourth-order valence-electron chi connectivity index (χ4n) is 2.11. The molecule has 0 fully saturated rings. The molecule has 23 heavy (non-hydrogen) atoms. The summed E-state index contributed by atoms with van der Waals surface area (Å²) in [5.41, 5.74) is 0.781. The zero-order valence-electron chi connectivity index (χ0n) is 12.6. The van der Waals surface area contributed by atoms with Crippen molar-refractivity contribution in [3.63, 3.8) is 0 Å². The third kappa shape index (κ3) is 3.70. The Bertz CT molecular complexity index is 791. The Hall–Kier alpha value is -2.35. The molecule has 120 valence electrons. The van der Waals surface area contributed by atoms with Crippen LogP contribution in [0, 0.1) is 0 Å². The number of aryl methyl sites for hydroxylation is 1. The van der Waals surface area contributed by atoms with E-state index in [2.05, 4.69) is 31.4 Å². The van der Waals surface area contributed by atoms with Crippen LogP contribution >= 0.6 is 15.9 Å². The van der Waals surface area contributed by atoms with Gasteiger partial charge in [-0.2, -0.15) is 10.2 Å². The number of carbonyl (C=O) groups is 1. The van der Waals surface area contributed by atoms with E-state index < -0.39 is 0 Å². The van der Waals surface area contributed by atoms with Crippen molar-refractivity contribution in [1.29, 1.82) is 0 Å². The van der Waals surface area contributed by atoms with E-state index in [4.69, 9.17) is 4.42 Å². The van der Waals surface area contributed by atoms with E-state index in [1.807, 2.05) is 25.4 Å². The smallest absolute Gasteiger partial charge is 0.287 e. The van der Waals surface area contributed by atoms with Gasteiger partial charge in [0.15, 0.2) is 5.76 Å². The van der Waals surface area contributed by atoms with Crippen LogP contribution in [0.3, 0.4) is 0 Å². The quantitative estimate of drug-likeness (QED) is 0.715. The lowest BCUT2D eigenvalue weighted by atomic mass is 10.4. The summed E-state index contributed by atoms with van der Waals surface area (Å²) in [6.07, 6.45) is 5.42. The second kappa shape index (κ2) is 6.82. The standard InChI is InChI=1S/C15H16BrN5O2/c1-2-20-10-12(16)13(19-20)8-17-15(22)14-5-4-11(23-14)9-21-7-3-6-18-21/h3-7,10H,2,8-9H2,1H3,(H,17,22). The third-order valence-corrected chi connectivity index (χ3v) is 3.95. The Balaban J connectivity index is 1.60. The van der Waals surface area contributed by atoms with Crippen molar-refractivity contribution < 1.29 is 9.21 Å². The van der Waals surface area contributed by atoms with Gasteiger partial charge in [-0.1, -0.05) is 0 Å². The van der Waals surface area contributed by atoms with Crippen molar-refractivity contribution in [3.05, 3.63) is 58.5 Å². The molecule has 0 saturated carbocycles. The Kier molecular flexibility index (Phi) is 4.61. The molecule has 8 heteroatoms. The minimum atomic E-state index is -0.269. The summed E-state index contributed by atoms with van der Waals surface area (Å²) in [7, 11) is 0. The average molecular weight is 378 g/mol. The van der Waals surface area contributed by atoms with Gasteiger partial charge in [-0.25, -0.2) is 0 Å². The number of carbonyl (C=O) groups excluding carboxylic acids is 1. The van der Waals surface area contributed by atoms with E-state index in [-0.39, 0.29) is 11.7 Å². The van der Waals surface area contributed by atoms with Crippen molar-refractivity contribution in [1.82, 2.24) is 24.9 Å². The molecule has 3 rings (SSSR count). The summed E-state index contributed by atoms with van der Waals surface area (Å²) in [5, 5.41) is 11.3. The number of hydrogen-bond donors (Lipinski definition) is 1. The Morgan fingerprint density at radius 2 is 2.26 bits per heavy atom. The fourth-order valence-corrected chi connectivity index (χ4v) is 2.56. The number of nitrogens with one attached hydrogen (secondary N) is 1. The molecule has 0 atom stereocenters. The van der Waals surface area contributed by atoms with E-state index in [1.165, 1.54) is 0 Å². The molecule has 3 aromatic heterocycles. The van der Waals surface area contributed by atoms with Crippen LogP contribution in [0.5, 0.6) is 0 Å². The van der Waals surface area contributed by atoms with Gasteiger partial charge in [0.2, 0.25) is 0 Å². The highest BCUT2D eigenvalue weighted by Crippen LogP contribution is 2.15. The summed E-state index contributed by atoms with van der Waals surface area (Å²) in [5.74, 6) is 0.683. The predicted octanol–water partition coefficient (Wildman–Crippen LogP) is 2.43. The maximum Gasteiger partial charge on any atom is 0.287 e. The molecule has 0 bridgehead atoms.